The van der Waals surface area contributed by atoms with Crippen LogP contribution in [-0.4, -0.2) is 27.1 Å². The standard InChI is InChI=1S/C16H24Cl2N6.HI/c1-11(2)10-24-6-5-20-14(24)9-22-16(19-3)21-8-12-7-13(17)15(18)23(12)4;/h5-7,11H,8-10H2,1-4H3,(H2,19,21,22);1H. The van der Waals surface area contributed by atoms with Crippen LogP contribution < -0.4 is 10.6 Å². The summed E-state index contributed by atoms with van der Waals surface area (Å²) in [6, 6.07) is 1.85. The normalized spacial score (nSPS) is 11.6. The van der Waals surface area contributed by atoms with Gasteiger partial charge in [0.1, 0.15) is 11.0 Å². The van der Waals surface area contributed by atoms with Crippen LogP contribution in [0.4, 0.5) is 0 Å². The zero-order valence-electron chi connectivity index (χ0n) is 14.9. The second-order valence-electron chi connectivity index (χ2n) is 6.00. The number of halogens is 3. The highest BCUT2D eigenvalue weighted by Crippen LogP contribution is 2.24. The number of nitrogens with zero attached hydrogens (tertiary/aromatic N) is 4. The van der Waals surface area contributed by atoms with Crippen molar-refractivity contribution in [3.8, 4) is 0 Å². The molecule has 25 heavy (non-hydrogen) atoms. The smallest absolute Gasteiger partial charge is 0.191 e. The van der Waals surface area contributed by atoms with E-state index in [1.165, 1.54) is 0 Å². The summed E-state index contributed by atoms with van der Waals surface area (Å²) < 4.78 is 4.00. The first-order valence-corrected chi connectivity index (χ1v) is 8.62. The van der Waals surface area contributed by atoms with Gasteiger partial charge in [-0.25, -0.2) is 4.98 Å². The van der Waals surface area contributed by atoms with E-state index in [2.05, 4.69) is 39.0 Å². The molecule has 2 heterocycles. The number of guanidine groups is 1. The van der Waals surface area contributed by atoms with E-state index >= 15 is 0 Å². The van der Waals surface area contributed by atoms with Crippen molar-refractivity contribution in [2.75, 3.05) is 7.05 Å². The number of rotatable bonds is 6. The molecule has 0 saturated heterocycles. The zero-order valence-corrected chi connectivity index (χ0v) is 18.7. The van der Waals surface area contributed by atoms with E-state index in [1.807, 2.05) is 30.1 Å². The molecule has 0 fully saturated rings. The molecule has 0 aliphatic carbocycles. The van der Waals surface area contributed by atoms with E-state index in [0.717, 1.165) is 18.1 Å². The summed E-state index contributed by atoms with van der Waals surface area (Å²) in [5, 5.41) is 7.62. The van der Waals surface area contributed by atoms with Gasteiger partial charge in [0.15, 0.2) is 5.96 Å². The molecule has 2 N–H and O–H groups in total. The first kappa shape index (κ1) is 22.1. The average Bonchev–Trinajstić information content (AvgIpc) is 3.07. The number of aliphatic imine (C=N–C) groups is 1. The minimum absolute atomic E-state index is 0. The Morgan fingerprint density at radius 3 is 2.52 bits per heavy atom. The van der Waals surface area contributed by atoms with Crippen LogP contribution in [0.5, 0.6) is 0 Å². The summed E-state index contributed by atoms with van der Waals surface area (Å²) >= 11 is 12.1. The molecule has 0 aromatic carbocycles. The third kappa shape index (κ3) is 6.07. The van der Waals surface area contributed by atoms with E-state index in [-0.39, 0.29) is 24.0 Å². The lowest BCUT2D eigenvalue weighted by atomic mass is 10.2. The van der Waals surface area contributed by atoms with Crippen LogP contribution in [-0.2, 0) is 26.7 Å². The Kier molecular flexibility index (Phi) is 9.09. The van der Waals surface area contributed by atoms with E-state index < -0.39 is 0 Å². The number of imidazole rings is 1. The van der Waals surface area contributed by atoms with Crippen molar-refractivity contribution in [3.05, 3.63) is 40.2 Å². The molecule has 2 aromatic heterocycles. The van der Waals surface area contributed by atoms with Crippen LogP contribution in [0.2, 0.25) is 10.2 Å². The van der Waals surface area contributed by atoms with Gasteiger partial charge < -0.3 is 19.8 Å². The minimum atomic E-state index is 0. The molecule has 0 radical (unpaired) electrons. The predicted octanol–water partition coefficient (Wildman–Crippen LogP) is 3.67. The first-order chi connectivity index (χ1) is 11.4. The molecule has 0 aliphatic rings. The minimum Gasteiger partial charge on any atom is -0.351 e. The Morgan fingerprint density at radius 1 is 1.28 bits per heavy atom. The number of hydrogen-bond donors (Lipinski definition) is 2. The molecule has 0 amide bonds. The van der Waals surface area contributed by atoms with Crippen LogP contribution in [0, 0.1) is 5.92 Å². The van der Waals surface area contributed by atoms with E-state index in [4.69, 9.17) is 23.2 Å². The monoisotopic (exact) mass is 498 g/mol. The molecule has 140 valence electrons. The molecule has 6 nitrogen and oxygen atoms in total. The van der Waals surface area contributed by atoms with E-state index in [9.17, 15) is 0 Å². The summed E-state index contributed by atoms with van der Waals surface area (Å²) in [6.07, 6.45) is 3.82. The van der Waals surface area contributed by atoms with Crippen molar-refractivity contribution in [1.82, 2.24) is 24.8 Å². The van der Waals surface area contributed by atoms with Gasteiger partial charge in [-0.3, -0.25) is 4.99 Å². The lowest BCUT2D eigenvalue weighted by molar-refractivity contribution is 0.503. The Labute approximate surface area is 176 Å². The topological polar surface area (TPSA) is 59.2 Å². The molecule has 2 aromatic rings. The van der Waals surface area contributed by atoms with Gasteiger partial charge in [-0.2, -0.15) is 0 Å². The summed E-state index contributed by atoms with van der Waals surface area (Å²) in [5.41, 5.74) is 0.981. The molecule has 0 aliphatic heterocycles. The molecule has 0 atom stereocenters. The Morgan fingerprint density at radius 2 is 1.96 bits per heavy atom. The van der Waals surface area contributed by atoms with Crippen molar-refractivity contribution < 1.29 is 0 Å². The molecule has 0 bridgehead atoms. The molecule has 0 unspecified atom stereocenters. The fourth-order valence-electron chi connectivity index (χ4n) is 2.38. The summed E-state index contributed by atoms with van der Waals surface area (Å²) in [5.74, 6) is 2.25. The molecule has 0 spiro atoms. The van der Waals surface area contributed by atoms with Gasteiger partial charge in [0.2, 0.25) is 0 Å². The lowest BCUT2D eigenvalue weighted by Crippen LogP contribution is -2.37. The quantitative estimate of drug-likeness (QED) is 0.363. The van der Waals surface area contributed by atoms with Gasteiger partial charge >= 0.3 is 0 Å². The van der Waals surface area contributed by atoms with Crippen molar-refractivity contribution in [2.45, 2.75) is 33.5 Å². The Hall–Kier alpha value is -0.930. The first-order valence-electron chi connectivity index (χ1n) is 7.86. The maximum Gasteiger partial charge on any atom is 0.191 e. The maximum absolute atomic E-state index is 6.08. The third-order valence-electron chi connectivity index (χ3n) is 3.65. The Balaban J connectivity index is 0.00000312. The molecule has 9 heteroatoms. The molecule has 2 rings (SSSR count). The highest BCUT2D eigenvalue weighted by Gasteiger charge is 2.10. The highest BCUT2D eigenvalue weighted by molar-refractivity contribution is 14.0. The number of aromatic nitrogens is 3. The largest absolute Gasteiger partial charge is 0.351 e. The van der Waals surface area contributed by atoms with Gasteiger partial charge in [-0.05, 0) is 12.0 Å². The van der Waals surface area contributed by atoms with Gasteiger partial charge in [-0.15, -0.1) is 24.0 Å². The molecular formula is C16H25Cl2IN6. The van der Waals surface area contributed by atoms with Crippen LogP contribution in [0.1, 0.15) is 25.4 Å². The van der Waals surface area contributed by atoms with Crippen molar-refractivity contribution in [2.24, 2.45) is 18.0 Å². The fourth-order valence-corrected chi connectivity index (χ4v) is 2.80. The van der Waals surface area contributed by atoms with E-state index in [1.54, 1.807) is 7.05 Å². The van der Waals surface area contributed by atoms with Gasteiger partial charge in [-0.1, -0.05) is 37.0 Å². The SMILES string of the molecule is CN=C(NCc1nccn1CC(C)C)NCc1cc(Cl)c(Cl)n1C.I. The van der Waals surface area contributed by atoms with Crippen LogP contribution in [0.25, 0.3) is 0 Å². The van der Waals surface area contributed by atoms with Crippen LogP contribution in [0.15, 0.2) is 23.5 Å². The fraction of sp³-hybridized carbons (Fsp3) is 0.500. The molecular weight excluding hydrogens is 474 g/mol. The van der Waals surface area contributed by atoms with Gasteiger partial charge in [0.05, 0.1) is 18.1 Å². The molecule has 0 saturated carbocycles. The van der Waals surface area contributed by atoms with Crippen molar-refractivity contribution >= 4 is 53.1 Å². The third-order valence-corrected chi connectivity index (χ3v) is 4.50. The van der Waals surface area contributed by atoms with Crippen molar-refractivity contribution in [3.63, 3.8) is 0 Å². The number of nitrogens with one attached hydrogen (secondary N) is 2. The average molecular weight is 499 g/mol. The zero-order chi connectivity index (χ0) is 17.7. The van der Waals surface area contributed by atoms with E-state index in [0.29, 0.717) is 35.1 Å². The van der Waals surface area contributed by atoms with Gasteiger partial charge in [0.25, 0.3) is 0 Å². The second kappa shape index (κ2) is 10.3. The Bertz CT molecular complexity index is 708. The summed E-state index contributed by atoms with van der Waals surface area (Å²) in [4.78, 5) is 8.64. The summed E-state index contributed by atoms with van der Waals surface area (Å²) in [6.45, 7) is 6.50. The number of hydrogen-bond acceptors (Lipinski definition) is 2. The maximum atomic E-state index is 6.08. The van der Waals surface area contributed by atoms with Gasteiger partial charge in [0, 0.05) is 38.7 Å². The van der Waals surface area contributed by atoms with Crippen LogP contribution in [0.3, 0.4) is 0 Å². The van der Waals surface area contributed by atoms with Crippen LogP contribution >= 0.6 is 47.2 Å². The highest BCUT2D eigenvalue weighted by atomic mass is 127. The summed E-state index contributed by atoms with van der Waals surface area (Å²) in [7, 11) is 3.62. The second-order valence-corrected chi connectivity index (χ2v) is 6.77. The lowest BCUT2D eigenvalue weighted by Gasteiger charge is -2.14. The van der Waals surface area contributed by atoms with Crippen molar-refractivity contribution in [1.29, 1.82) is 0 Å². The predicted molar refractivity (Wildman–Crippen MR) is 115 cm³/mol.